The molecular formula is C17H14ClN3O. The molecule has 1 heterocycles. The van der Waals surface area contributed by atoms with Gasteiger partial charge in [-0.25, -0.2) is 0 Å². The van der Waals surface area contributed by atoms with Gasteiger partial charge in [0.25, 0.3) is 5.91 Å². The number of nitrogens with one attached hydrogen (secondary N) is 2. The van der Waals surface area contributed by atoms with E-state index >= 15 is 0 Å². The second kappa shape index (κ2) is 6.03. The molecule has 0 saturated heterocycles. The second-order valence-electron chi connectivity index (χ2n) is 4.94. The summed E-state index contributed by atoms with van der Waals surface area (Å²) in [7, 11) is 0. The van der Waals surface area contributed by atoms with Crippen molar-refractivity contribution in [3.63, 3.8) is 0 Å². The zero-order chi connectivity index (χ0) is 15.5. The Balaban J connectivity index is 1.82. The lowest BCUT2D eigenvalue weighted by Crippen LogP contribution is -2.29. The number of benzene rings is 2. The van der Waals surface area contributed by atoms with Gasteiger partial charge in [0.15, 0.2) is 0 Å². The third-order valence-corrected chi connectivity index (χ3v) is 3.64. The predicted octanol–water partition coefficient (Wildman–Crippen LogP) is 3.95. The zero-order valence-corrected chi connectivity index (χ0v) is 12.7. The molecule has 0 bridgehead atoms. The minimum atomic E-state index is -0.241. The van der Waals surface area contributed by atoms with Crippen molar-refractivity contribution >= 4 is 34.1 Å². The van der Waals surface area contributed by atoms with Gasteiger partial charge in [-0.15, -0.1) is 0 Å². The van der Waals surface area contributed by atoms with Gasteiger partial charge < -0.3 is 0 Å². The van der Waals surface area contributed by atoms with E-state index in [9.17, 15) is 4.79 Å². The predicted molar refractivity (Wildman–Crippen MR) is 89.0 cm³/mol. The Labute approximate surface area is 133 Å². The summed E-state index contributed by atoms with van der Waals surface area (Å²) in [5.41, 5.74) is 8.56. The van der Waals surface area contributed by atoms with E-state index < -0.39 is 0 Å². The number of carbonyl (C=O) groups excluding carboxylic acids is 1. The Morgan fingerprint density at radius 3 is 2.77 bits per heavy atom. The van der Waals surface area contributed by atoms with Crippen LogP contribution in [0.15, 0.2) is 54.7 Å². The van der Waals surface area contributed by atoms with E-state index in [4.69, 9.17) is 11.6 Å². The summed E-state index contributed by atoms with van der Waals surface area (Å²) >= 11 is 6.13. The molecule has 0 radical (unpaired) electrons. The van der Waals surface area contributed by atoms with Crippen molar-refractivity contribution in [2.45, 2.75) is 6.92 Å². The average Bonchev–Trinajstić information content (AvgIpc) is 2.53. The number of pyridine rings is 1. The first-order valence-corrected chi connectivity index (χ1v) is 7.19. The number of carbonyl (C=O) groups is 1. The first-order valence-electron chi connectivity index (χ1n) is 6.81. The molecule has 3 aromatic rings. The third kappa shape index (κ3) is 2.87. The van der Waals surface area contributed by atoms with Gasteiger partial charge in [0.05, 0.1) is 21.8 Å². The molecule has 0 spiro atoms. The first kappa shape index (κ1) is 14.4. The van der Waals surface area contributed by atoms with E-state index in [0.717, 1.165) is 16.5 Å². The number of anilines is 1. The highest BCUT2D eigenvalue weighted by Crippen LogP contribution is 2.22. The van der Waals surface area contributed by atoms with Crippen molar-refractivity contribution in [3.8, 4) is 0 Å². The Bertz CT molecular complexity index is 843. The molecule has 110 valence electrons. The molecule has 1 amide bonds. The van der Waals surface area contributed by atoms with Crippen LogP contribution in [0.2, 0.25) is 5.02 Å². The third-order valence-electron chi connectivity index (χ3n) is 3.33. The molecule has 0 aliphatic rings. The number of amides is 1. The van der Waals surface area contributed by atoms with Crippen molar-refractivity contribution in [1.29, 1.82) is 0 Å². The van der Waals surface area contributed by atoms with E-state index in [1.165, 1.54) is 0 Å². The van der Waals surface area contributed by atoms with Crippen LogP contribution >= 0.6 is 11.6 Å². The Morgan fingerprint density at radius 2 is 1.95 bits per heavy atom. The molecule has 2 aromatic carbocycles. The zero-order valence-electron chi connectivity index (χ0n) is 11.9. The molecule has 5 heteroatoms. The number of aromatic nitrogens is 1. The average molecular weight is 312 g/mol. The SMILES string of the molecule is Cc1ccc(NNC(=O)c2ccnc3ccccc23)c(Cl)c1. The van der Waals surface area contributed by atoms with Crippen molar-refractivity contribution in [2.75, 3.05) is 5.43 Å². The molecule has 2 N–H and O–H groups in total. The Kier molecular flexibility index (Phi) is 3.94. The number of rotatable bonds is 3. The maximum atomic E-state index is 12.4. The van der Waals surface area contributed by atoms with Gasteiger partial charge in [-0.3, -0.25) is 20.6 Å². The number of nitrogens with zero attached hydrogens (tertiary/aromatic N) is 1. The van der Waals surface area contributed by atoms with E-state index in [2.05, 4.69) is 15.8 Å². The molecule has 0 aliphatic heterocycles. The van der Waals surface area contributed by atoms with Gasteiger partial charge in [0, 0.05) is 11.6 Å². The molecule has 3 rings (SSSR count). The topological polar surface area (TPSA) is 54.0 Å². The van der Waals surface area contributed by atoms with Crippen LogP contribution in [-0.4, -0.2) is 10.9 Å². The lowest BCUT2D eigenvalue weighted by atomic mass is 10.1. The van der Waals surface area contributed by atoms with E-state index in [1.807, 2.05) is 49.4 Å². The van der Waals surface area contributed by atoms with Gasteiger partial charge in [0.2, 0.25) is 0 Å². The summed E-state index contributed by atoms with van der Waals surface area (Å²) < 4.78 is 0. The Hall–Kier alpha value is -2.59. The fourth-order valence-electron chi connectivity index (χ4n) is 2.21. The van der Waals surface area contributed by atoms with Crippen molar-refractivity contribution in [1.82, 2.24) is 10.4 Å². The number of hydrogen-bond donors (Lipinski definition) is 2. The molecule has 0 saturated carbocycles. The van der Waals surface area contributed by atoms with Gasteiger partial charge in [-0.2, -0.15) is 0 Å². The van der Waals surface area contributed by atoms with Crippen LogP contribution in [0.1, 0.15) is 15.9 Å². The monoisotopic (exact) mass is 311 g/mol. The minimum absolute atomic E-state index is 0.241. The second-order valence-corrected chi connectivity index (χ2v) is 5.35. The summed E-state index contributed by atoms with van der Waals surface area (Å²) in [6, 6.07) is 14.8. The largest absolute Gasteiger partial charge is 0.297 e. The number of hydrogen-bond acceptors (Lipinski definition) is 3. The summed E-state index contributed by atoms with van der Waals surface area (Å²) in [4.78, 5) is 16.6. The smallest absolute Gasteiger partial charge is 0.270 e. The van der Waals surface area contributed by atoms with Gasteiger partial charge in [0.1, 0.15) is 0 Å². The maximum absolute atomic E-state index is 12.4. The number of hydrazine groups is 1. The summed E-state index contributed by atoms with van der Waals surface area (Å²) in [5.74, 6) is -0.241. The fraction of sp³-hybridized carbons (Fsp3) is 0.0588. The maximum Gasteiger partial charge on any atom is 0.270 e. The summed E-state index contributed by atoms with van der Waals surface area (Å²) in [6.45, 7) is 1.96. The quantitative estimate of drug-likeness (QED) is 0.720. The van der Waals surface area contributed by atoms with Crippen LogP contribution in [0.25, 0.3) is 10.9 Å². The van der Waals surface area contributed by atoms with Gasteiger partial charge >= 0.3 is 0 Å². The van der Waals surface area contributed by atoms with Crippen molar-refractivity contribution in [3.05, 3.63) is 70.9 Å². The molecule has 0 unspecified atom stereocenters. The number of halogens is 1. The summed E-state index contributed by atoms with van der Waals surface area (Å²) in [5, 5.41) is 1.36. The molecule has 0 atom stereocenters. The van der Waals surface area contributed by atoms with Crippen LogP contribution < -0.4 is 10.9 Å². The molecule has 0 fully saturated rings. The van der Waals surface area contributed by atoms with Crippen LogP contribution in [0.3, 0.4) is 0 Å². The van der Waals surface area contributed by atoms with E-state index in [-0.39, 0.29) is 5.91 Å². The lowest BCUT2D eigenvalue weighted by Gasteiger charge is -2.11. The number of para-hydroxylation sites is 1. The summed E-state index contributed by atoms with van der Waals surface area (Å²) in [6.07, 6.45) is 1.62. The first-order chi connectivity index (χ1) is 10.6. The number of aryl methyl sites for hydroxylation is 1. The molecule has 4 nitrogen and oxygen atoms in total. The Morgan fingerprint density at radius 1 is 1.14 bits per heavy atom. The number of fused-ring (bicyclic) bond motifs is 1. The van der Waals surface area contributed by atoms with E-state index in [0.29, 0.717) is 16.3 Å². The normalized spacial score (nSPS) is 10.5. The minimum Gasteiger partial charge on any atom is -0.297 e. The van der Waals surface area contributed by atoms with E-state index in [1.54, 1.807) is 12.3 Å². The van der Waals surface area contributed by atoms with Crippen LogP contribution in [0.5, 0.6) is 0 Å². The molecular weight excluding hydrogens is 298 g/mol. The highest BCUT2D eigenvalue weighted by atomic mass is 35.5. The van der Waals surface area contributed by atoms with Crippen molar-refractivity contribution < 1.29 is 4.79 Å². The molecule has 0 aliphatic carbocycles. The fourth-order valence-corrected chi connectivity index (χ4v) is 2.49. The molecule has 1 aromatic heterocycles. The van der Waals surface area contributed by atoms with Crippen LogP contribution in [0, 0.1) is 6.92 Å². The lowest BCUT2D eigenvalue weighted by molar-refractivity contribution is 0.0964. The van der Waals surface area contributed by atoms with Gasteiger partial charge in [-0.05, 0) is 36.8 Å². The van der Waals surface area contributed by atoms with Crippen LogP contribution in [0.4, 0.5) is 5.69 Å². The molecule has 22 heavy (non-hydrogen) atoms. The van der Waals surface area contributed by atoms with Gasteiger partial charge in [-0.1, -0.05) is 35.9 Å². The highest BCUT2D eigenvalue weighted by Gasteiger charge is 2.10. The van der Waals surface area contributed by atoms with Crippen LogP contribution in [-0.2, 0) is 0 Å². The van der Waals surface area contributed by atoms with Crippen molar-refractivity contribution in [2.24, 2.45) is 0 Å². The standard InChI is InChI=1S/C17H14ClN3O/c1-11-6-7-16(14(18)10-11)20-21-17(22)13-8-9-19-15-5-3-2-4-12(13)15/h2-10,20H,1H3,(H,21,22). The highest BCUT2D eigenvalue weighted by molar-refractivity contribution is 6.33.